The molecule has 0 fully saturated rings. The summed E-state index contributed by atoms with van der Waals surface area (Å²) in [6.07, 6.45) is 7.28. The van der Waals surface area contributed by atoms with Crippen LogP contribution in [0, 0.1) is 0 Å². The molecule has 2 N–H and O–H groups in total. The van der Waals surface area contributed by atoms with Gasteiger partial charge in [0.15, 0.2) is 0 Å². The molecule has 4 nitrogen and oxygen atoms in total. The fourth-order valence-electron chi connectivity index (χ4n) is 1.85. The van der Waals surface area contributed by atoms with Crippen molar-refractivity contribution in [2.24, 2.45) is 0 Å². The van der Waals surface area contributed by atoms with Crippen molar-refractivity contribution in [3.8, 4) is 0 Å². The zero-order valence-corrected chi connectivity index (χ0v) is 12.6. The number of carbonyl (C=O) groups is 1. The summed E-state index contributed by atoms with van der Waals surface area (Å²) in [5.41, 5.74) is 1.53. The second-order valence-electron chi connectivity index (χ2n) is 4.47. The van der Waals surface area contributed by atoms with Crippen LogP contribution in [-0.4, -0.2) is 36.6 Å². The van der Waals surface area contributed by atoms with E-state index in [1.165, 1.54) is 38.5 Å². The Morgan fingerprint density at radius 1 is 1.32 bits per heavy atom. The van der Waals surface area contributed by atoms with Crippen molar-refractivity contribution in [2.75, 3.05) is 25.7 Å². The Labute approximate surface area is 119 Å². The lowest BCUT2D eigenvalue weighted by Crippen LogP contribution is -2.15. The van der Waals surface area contributed by atoms with Crippen molar-refractivity contribution in [2.45, 2.75) is 32.2 Å². The minimum absolute atomic E-state index is 0.319. The average molecular weight is 284 g/mol. The van der Waals surface area contributed by atoms with Gasteiger partial charge in [0.25, 0.3) is 0 Å². The van der Waals surface area contributed by atoms with E-state index in [0.29, 0.717) is 5.69 Å². The van der Waals surface area contributed by atoms with Gasteiger partial charge in [-0.3, -0.25) is 0 Å². The molecule has 0 bridgehead atoms. The van der Waals surface area contributed by atoms with Crippen LogP contribution < -0.4 is 5.32 Å². The van der Waals surface area contributed by atoms with Gasteiger partial charge in [0, 0.05) is 12.2 Å². The number of nitrogens with one attached hydrogen (secondary N) is 2. The molecular formula is C14H24N2O2S. The molecule has 5 heteroatoms. The van der Waals surface area contributed by atoms with E-state index in [0.717, 1.165) is 18.8 Å². The Morgan fingerprint density at radius 2 is 2.11 bits per heavy atom. The number of methoxy groups -OCH3 is 1. The first-order chi connectivity index (χ1) is 9.27. The van der Waals surface area contributed by atoms with E-state index < -0.39 is 0 Å². The SMILES string of the molecule is COC(=O)c1ccc(CNCCCCCCSC)[nH]1. The van der Waals surface area contributed by atoms with Crippen LogP contribution in [0.3, 0.4) is 0 Å². The molecule has 0 saturated carbocycles. The Morgan fingerprint density at radius 3 is 2.84 bits per heavy atom. The molecule has 0 atom stereocenters. The molecule has 0 aliphatic heterocycles. The molecule has 0 radical (unpaired) electrons. The first kappa shape index (κ1) is 16.1. The molecule has 0 spiro atoms. The van der Waals surface area contributed by atoms with Crippen LogP contribution in [-0.2, 0) is 11.3 Å². The number of aromatic amines is 1. The Balaban J connectivity index is 2.06. The molecule has 1 heterocycles. The normalized spacial score (nSPS) is 10.6. The predicted octanol–water partition coefficient (Wildman–Crippen LogP) is 2.81. The lowest BCUT2D eigenvalue weighted by Gasteiger charge is -2.03. The van der Waals surface area contributed by atoms with Gasteiger partial charge >= 0.3 is 5.97 Å². The quantitative estimate of drug-likeness (QED) is 0.512. The maximum Gasteiger partial charge on any atom is 0.354 e. The number of ether oxygens (including phenoxy) is 1. The van der Waals surface area contributed by atoms with E-state index in [1.54, 1.807) is 6.07 Å². The minimum Gasteiger partial charge on any atom is -0.464 e. The van der Waals surface area contributed by atoms with E-state index in [-0.39, 0.29) is 5.97 Å². The Bertz CT molecular complexity index is 366. The van der Waals surface area contributed by atoms with Gasteiger partial charge in [0.1, 0.15) is 5.69 Å². The number of hydrogen-bond donors (Lipinski definition) is 2. The summed E-state index contributed by atoms with van der Waals surface area (Å²) in [5, 5.41) is 3.37. The minimum atomic E-state index is -0.319. The summed E-state index contributed by atoms with van der Waals surface area (Å²) in [6, 6.07) is 3.67. The zero-order chi connectivity index (χ0) is 13.9. The number of aromatic nitrogens is 1. The number of unbranched alkanes of at least 4 members (excludes halogenated alkanes) is 3. The highest BCUT2D eigenvalue weighted by atomic mass is 32.2. The van der Waals surface area contributed by atoms with E-state index in [2.05, 4.69) is 21.3 Å². The fourth-order valence-corrected chi connectivity index (χ4v) is 2.34. The van der Waals surface area contributed by atoms with Crippen LogP contribution in [0.4, 0.5) is 0 Å². The predicted molar refractivity (Wildman–Crippen MR) is 80.7 cm³/mol. The highest BCUT2D eigenvalue weighted by Crippen LogP contribution is 2.05. The number of thioether (sulfide) groups is 1. The number of hydrogen-bond acceptors (Lipinski definition) is 4. The monoisotopic (exact) mass is 284 g/mol. The topological polar surface area (TPSA) is 54.1 Å². The molecule has 1 aromatic rings. The third-order valence-corrected chi connectivity index (χ3v) is 3.62. The van der Waals surface area contributed by atoms with E-state index >= 15 is 0 Å². The molecule has 1 rings (SSSR count). The summed E-state index contributed by atoms with van der Waals surface area (Å²) in [7, 11) is 1.39. The van der Waals surface area contributed by atoms with Crippen molar-refractivity contribution >= 4 is 17.7 Å². The van der Waals surface area contributed by atoms with Gasteiger partial charge in [-0.1, -0.05) is 12.8 Å². The molecule has 19 heavy (non-hydrogen) atoms. The summed E-state index contributed by atoms with van der Waals surface area (Å²) in [6.45, 7) is 1.79. The van der Waals surface area contributed by atoms with Gasteiger partial charge in [0.2, 0.25) is 0 Å². The first-order valence-electron chi connectivity index (χ1n) is 6.73. The molecule has 108 valence electrons. The largest absolute Gasteiger partial charge is 0.464 e. The second kappa shape index (κ2) is 9.92. The standard InChI is InChI=1S/C14H24N2O2S/c1-18-14(17)13-8-7-12(16-13)11-15-9-5-3-4-6-10-19-2/h7-8,15-16H,3-6,9-11H2,1-2H3. The average Bonchev–Trinajstić information content (AvgIpc) is 2.89. The lowest BCUT2D eigenvalue weighted by molar-refractivity contribution is 0.0594. The van der Waals surface area contributed by atoms with E-state index in [1.807, 2.05) is 17.8 Å². The smallest absolute Gasteiger partial charge is 0.354 e. The molecule has 0 aliphatic rings. The number of rotatable bonds is 10. The third kappa shape index (κ3) is 6.68. The van der Waals surface area contributed by atoms with Crippen molar-refractivity contribution < 1.29 is 9.53 Å². The van der Waals surface area contributed by atoms with E-state index in [9.17, 15) is 4.79 Å². The third-order valence-electron chi connectivity index (χ3n) is 2.92. The van der Waals surface area contributed by atoms with Gasteiger partial charge in [-0.25, -0.2) is 4.79 Å². The van der Waals surface area contributed by atoms with Crippen molar-refractivity contribution in [1.82, 2.24) is 10.3 Å². The summed E-state index contributed by atoms with van der Waals surface area (Å²) < 4.78 is 4.65. The molecule has 1 aromatic heterocycles. The van der Waals surface area contributed by atoms with Gasteiger partial charge in [-0.2, -0.15) is 11.8 Å². The lowest BCUT2D eigenvalue weighted by atomic mass is 10.2. The first-order valence-corrected chi connectivity index (χ1v) is 8.13. The zero-order valence-electron chi connectivity index (χ0n) is 11.8. The van der Waals surface area contributed by atoms with Gasteiger partial charge in [-0.15, -0.1) is 0 Å². The van der Waals surface area contributed by atoms with Gasteiger partial charge < -0.3 is 15.0 Å². The molecule has 0 amide bonds. The summed E-state index contributed by atoms with van der Waals surface area (Å²) in [4.78, 5) is 14.3. The van der Waals surface area contributed by atoms with Crippen molar-refractivity contribution in [3.63, 3.8) is 0 Å². The van der Waals surface area contributed by atoms with Crippen LogP contribution in [0.5, 0.6) is 0 Å². The van der Waals surface area contributed by atoms with Crippen LogP contribution in [0.2, 0.25) is 0 Å². The van der Waals surface area contributed by atoms with Crippen molar-refractivity contribution in [1.29, 1.82) is 0 Å². The van der Waals surface area contributed by atoms with Gasteiger partial charge in [0.05, 0.1) is 7.11 Å². The Hall–Kier alpha value is -0.940. The molecular weight excluding hydrogens is 260 g/mol. The maximum absolute atomic E-state index is 11.3. The maximum atomic E-state index is 11.3. The second-order valence-corrected chi connectivity index (χ2v) is 5.46. The highest BCUT2D eigenvalue weighted by molar-refractivity contribution is 7.98. The highest BCUT2D eigenvalue weighted by Gasteiger charge is 2.07. The molecule has 0 unspecified atom stereocenters. The van der Waals surface area contributed by atoms with Crippen LogP contribution in [0.25, 0.3) is 0 Å². The van der Waals surface area contributed by atoms with Crippen LogP contribution in [0.15, 0.2) is 12.1 Å². The number of carbonyl (C=O) groups excluding carboxylic acids is 1. The van der Waals surface area contributed by atoms with Crippen LogP contribution >= 0.6 is 11.8 Å². The van der Waals surface area contributed by atoms with E-state index in [4.69, 9.17) is 0 Å². The molecule has 0 saturated heterocycles. The van der Waals surface area contributed by atoms with Gasteiger partial charge in [-0.05, 0) is 43.5 Å². The number of H-pyrrole nitrogens is 1. The molecule has 0 aliphatic carbocycles. The Kier molecular flexibility index (Phi) is 8.41. The fraction of sp³-hybridized carbons (Fsp3) is 0.643. The molecule has 0 aromatic carbocycles. The summed E-state index contributed by atoms with van der Waals surface area (Å²) >= 11 is 1.92. The van der Waals surface area contributed by atoms with Crippen molar-refractivity contribution in [3.05, 3.63) is 23.5 Å². The number of esters is 1. The van der Waals surface area contributed by atoms with Crippen LogP contribution in [0.1, 0.15) is 41.9 Å². The summed E-state index contributed by atoms with van der Waals surface area (Å²) in [5.74, 6) is 0.951.